The summed E-state index contributed by atoms with van der Waals surface area (Å²) in [7, 11) is -0.436. The van der Waals surface area contributed by atoms with Gasteiger partial charge < -0.3 is 9.31 Å². The van der Waals surface area contributed by atoms with Crippen molar-refractivity contribution in [3.8, 4) is 11.1 Å². The van der Waals surface area contributed by atoms with Gasteiger partial charge in [-0.15, -0.1) is 0 Å². The smallest absolute Gasteiger partial charge is 0.399 e. The van der Waals surface area contributed by atoms with Crippen LogP contribution in [0.3, 0.4) is 0 Å². The maximum Gasteiger partial charge on any atom is 0.494 e. The van der Waals surface area contributed by atoms with Gasteiger partial charge in [0.05, 0.1) is 35.9 Å². The van der Waals surface area contributed by atoms with Crippen LogP contribution in [-0.2, 0) is 24.5 Å². The number of nitrogens with zero attached hydrogens (tertiary/aromatic N) is 1. The van der Waals surface area contributed by atoms with Crippen molar-refractivity contribution in [1.29, 1.82) is 0 Å². The second-order valence-electron chi connectivity index (χ2n) is 11.5. The van der Waals surface area contributed by atoms with Crippen LogP contribution in [0.25, 0.3) is 11.1 Å². The molecule has 0 bridgehead atoms. The first-order chi connectivity index (χ1) is 18.1. The van der Waals surface area contributed by atoms with Gasteiger partial charge in [0.15, 0.2) is 0 Å². The topological polar surface area (TPSA) is 60.0 Å². The molecule has 1 N–H and O–H groups in total. The molecule has 0 saturated carbocycles. The van der Waals surface area contributed by atoms with Crippen LogP contribution in [0.15, 0.2) is 72.8 Å². The summed E-state index contributed by atoms with van der Waals surface area (Å²) in [4.78, 5) is 19.0. The number of hydroxylamine groups is 2. The largest absolute Gasteiger partial charge is 0.494 e. The molecule has 38 heavy (non-hydrogen) atoms. The number of hydrogen-bond donors (Lipinski definition) is 1. The van der Waals surface area contributed by atoms with Crippen LogP contribution in [0.2, 0.25) is 0 Å². The van der Waals surface area contributed by atoms with E-state index in [1.807, 2.05) is 6.92 Å². The molecule has 7 heteroatoms. The van der Waals surface area contributed by atoms with E-state index in [0.29, 0.717) is 13.2 Å². The molecule has 3 aliphatic rings. The first-order valence-corrected chi connectivity index (χ1v) is 13.5. The zero-order valence-corrected chi connectivity index (χ0v) is 22.8. The van der Waals surface area contributed by atoms with Crippen LogP contribution in [0.5, 0.6) is 0 Å². The number of fused-ring (bicyclic) bond motifs is 3. The molecule has 2 saturated heterocycles. The van der Waals surface area contributed by atoms with Crippen LogP contribution < -0.4 is 10.8 Å². The summed E-state index contributed by atoms with van der Waals surface area (Å²) in [5.41, 5.74) is 5.10. The lowest BCUT2D eigenvalue weighted by Crippen LogP contribution is -2.53. The van der Waals surface area contributed by atoms with E-state index in [9.17, 15) is 4.79 Å². The van der Waals surface area contributed by atoms with Gasteiger partial charge in [-0.05, 0) is 74.3 Å². The quantitative estimate of drug-likeness (QED) is 0.516. The fourth-order valence-electron chi connectivity index (χ4n) is 5.88. The molecule has 3 aromatic carbocycles. The SMILES string of the molecule is C[C@H](NC1(c2ccc(B3OC(C)(C)C(C)(C)O3)cc2)c2ccccc2-c2ccccc21)C(=O)N1CCCO1. The molecule has 6 rings (SSSR count). The number of benzene rings is 3. The summed E-state index contributed by atoms with van der Waals surface area (Å²) < 4.78 is 12.6. The van der Waals surface area contributed by atoms with E-state index >= 15 is 0 Å². The molecular formula is C31H35BN2O4. The third-order valence-electron chi connectivity index (χ3n) is 8.62. The van der Waals surface area contributed by atoms with Gasteiger partial charge in [-0.3, -0.25) is 14.9 Å². The molecule has 6 nitrogen and oxygen atoms in total. The highest BCUT2D eigenvalue weighted by molar-refractivity contribution is 6.62. The Balaban J connectivity index is 1.44. The number of rotatable bonds is 5. The van der Waals surface area contributed by atoms with E-state index in [1.165, 1.54) is 16.2 Å². The second-order valence-corrected chi connectivity index (χ2v) is 11.5. The number of carbonyl (C=O) groups excluding carboxylic acids is 1. The Morgan fingerprint density at radius 2 is 1.42 bits per heavy atom. The van der Waals surface area contributed by atoms with E-state index in [1.54, 1.807) is 0 Å². The van der Waals surface area contributed by atoms with Crippen LogP contribution in [0.1, 0.15) is 57.7 Å². The maximum atomic E-state index is 13.4. The van der Waals surface area contributed by atoms with E-state index < -0.39 is 29.9 Å². The molecule has 0 unspecified atom stereocenters. The monoisotopic (exact) mass is 510 g/mol. The Morgan fingerprint density at radius 3 is 1.95 bits per heavy atom. The summed E-state index contributed by atoms with van der Waals surface area (Å²) in [5, 5.41) is 5.28. The lowest BCUT2D eigenvalue weighted by molar-refractivity contribution is -0.171. The third-order valence-corrected chi connectivity index (χ3v) is 8.62. The van der Waals surface area contributed by atoms with Gasteiger partial charge in [-0.2, -0.15) is 0 Å². The zero-order chi connectivity index (χ0) is 26.7. The first-order valence-electron chi connectivity index (χ1n) is 13.5. The molecule has 2 fully saturated rings. The minimum Gasteiger partial charge on any atom is -0.399 e. The normalized spacial score (nSPS) is 21.3. The fraction of sp³-hybridized carbons (Fsp3) is 0.387. The van der Waals surface area contributed by atoms with Crippen molar-refractivity contribution in [3.05, 3.63) is 89.5 Å². The summed E-state index contributed by atoms with van der Waals surface area (Å²) >= 11 is 0. The van der Waals surface area contributed by atoms with E-state index in [2.05, 4.69) is 106 Å². The number of amides is 1. The standard InChI is InChI=1S/C31H35BN2O4/c1-21(28(35)34-19-10-20-36-34)33-31(26-13-8-6-11-24(26)25-12-7-9-14-27(25)31)22-15-17-23(18-16-22)32-37-29(2,3)30(4,5)38-32/h6-9,11-18,21,33H,10,19-20H2,1-5H3/t21-/m0/s1. The molecule has 2 heterocycles. The van der Waals surface area contributed by atoms with Crippen LogP contribution in [0.4, 0.5) is 0 Å². The zero-order valence-electron chi connectivity index (χ0n) is 22.8. The summed E-state index contributed by atoms with van der Waals surface area (Å²) in [6, 6.07) is 24.9. The molecule has 0 radical (unpaired) electrons. The fourth-order valence-corrected chi connectivity index (χ4v) is 5.88. The molecule has 1 atom stereocenters. The number of nitrogens with one attached hydrogen (secondary N) is 1. The number of carbonyl (C=O) groups is 1. The Bertz CT molecular complexity index is 1300. The van der Waals surface area contributed by atoms with E-state index in [4.69, 9.17) is 14.1 Å². The van der Waals surface area contributed by atoms with Gasteiger partial charge in [0.25, 0.3) is 5.91 Å². The predicted octanol–water partition coefficient (Wildman–Crippen LogP) is 4.40. The van der Waals surface area contributed by atoms with Crippen molar-refractivity contribution in [1.82, 2.24) is 10.4 Å². The van der Waals surface area contributed by atoms with Gasteiger partial charge in [0.1, 0.15) is 0 Å². The van der Waals surface area contributed by atoms with Crippen LogP contribution >= 0.6 is 0 Å². The van der Waals surface area contributed by atoms with Crippen molar-refractivity contribution in [2.75, 3.05) is 13.2 Å². The lowest BCUT2D eigenvalue weighted by Gasteiger charge is -2.37. The molecular weight excluding hydrogens is 475 g/mol. The van der Waals surface area contributed by atoms with Crippen LogP contribution in [-0.4, -0.2) is 48.5 Å². The maximum absolute atomic E-state index is 13.4. The van der Waals surface area contributed by atoms with Gasteiger partial charge in [0, 0.05) is 0 Å². The summed E-state index contributed by atoms with van der Waals surface area (Å²) in [6.45, 7) is 11.4. The summed E-state index contributed by atoms with van der Waals surface area (Å²) in [6.07, 6.45) is 0.857. The van der Waals surface area contributed by atoms with Gasteiger partial charge >= 0.3 is 7.12 Å². The highest BCUT2D eigenvalue weighted by atomic mass is 16.7. The molecule has 1 aliphatic carbocycles. The van der Waals surface area contributed by atoms with E-state index in [0.717, 1.165) is 28.6 Å². The van der Waals surface area contributed by atoms with Gasteiger partial charge in [-0.25, -0.2) is 5.06 Å². The highest BCUT2D eigenvalue weighted by Crippen LogP contribution is 2.51. The van der Waals surface area contributed by atoms with Crippen LogP contribution in [0, 0.1) is 0 Å². The highest BCUT2D eigenvalue weighted by Gasteiger charge is 2.52. The predicted molar refractivity (Wildman–Crippen MR) is 149 cm³/mol. The molecule has 196 valence electrons. The Hall–Kier alpha value is -2.97. The van der Waals surface area contributed by atoms with E-state index in [-0.39, 0.29) is 5.91 Å². The molecule has 1 amide bonds. The average Bonchev–Trinajstić information content (AvgIpc) is 3.59. The van der Waals surface area contributed by atoms with Gasteiger partial charge in [0.2, 0.25) is 0 Å². The second kappa shape index (κ2) is 9.06. The van der Waals surface area contributed by atoms with Crippen molar-refractivity contribution in [2.45, 2.75) is 63.8 Å². The minimum atomic E-state index is -0.712. The van der Waals surface area contributed by atoms with Crippen molar-refractivity contribution in [3.63, 3.8) is 0 Å². The van der Waals surface area contributed by atoms with Crippen molar-refractivity contribution < 1.29 is 18.9 Å². The number of hydrogen-bond acceptors (Lipinski definition) is 5. The Kier molecular flexibility index (Phi) is 6.04. The molecule has 3 aromatic rings. The first kappa shape index (κ1) is 25.3. The third kappa shape index (κ3) is 3.83. The lowest BCUT2D eigenvalue weighted by atomic mass is 9.75. The Labute approximate surface area is 225 Å². The minimum absolute atomic E-state index is 0.0578. The molecule has 0 spiro atoms. The Morgan fingerprint density at radius 1 is 0.868 bits per heavy atom. The van der Waals surface area contributed by atoms with Gasteiger partial charge in [-0.1, -0.05) is 72.8 Å². The average molecular weight is 510 g/mol. The van der Waals surface area contributed by atoms with Crippen molar-refractivity contribution >= 4 is 18.5 Å². The van der Waals surface area contributed by atoms with Crippen molar-refractivity contribution in [2.24, 2.45) is 0 Å². The molecule has 2 aliphatic heterocycles. The molecule has 0 aromatic heterocycles. The summed E-state index contributed by atoms with van der Waals surface area (Å²) in [5.74, 6) is -0.0578.